The van der Waals surface area contributed by atoms with Crippen LogP contribution in [0.2, 0.25) is 0 Å². The van der Waals surface area contributed by atoms with E-state index in [1.54, 1.807) is 0 Å². The average Bonchev–Trinajstić information content (AvgIpc) is 2.14. The van der Waals surface area contributed by atoms with Crippen molar-refractivity contribution in [2.75, 3.05) is 33.8 Å². The second-order valence-corrected chi connectivity index (χ2v) is 4.83. The Balaban J connectivity index is 0.00000112. The minimum absolute atomic E-state index is 0. The Bertz CT molecular complexity index is 195. The predicted molar refractivity (Wildman–Crippen MR) is 72.0 cm³/mol. The van der Waals surface area contributed by atoms with E-state index in [1.165, 1.54) is 32.2 Å². The fraction of sp³-hybridized carbons (Fsp3) is 1.00. The van der Waals surface area contributed by atoms with Gasteiger partial charge in [0.25, 0.3) is 0 Å². The van der Waals surface area contributed by atoms with Crippen molar-refractivity contribution in [2.24, 2.45) is 0 Å². The zero-order chi connectivity index (χ0) is 10.0. The Morgan fingerprint density at radius 1 is 1.31 bits per heavy atom. The lowest BCUT2D eigenvalue weighted by Crippen LogP contribution is -2.63. The summed E-state index contributed by atoms with van der Waals surface area (Å²) in [6.07, 6.45) is 5.31. The second-order valence-electron chi connectivity index (χ2n) is 4.83. The number of hydrogen-bond donors (Lipinski definition) is 1. The first kappa shape index (κ1) is 16.5. The quantitative estimate of drug-likeness (QED) is 0.845. The highest BCUT2D eigenvalue weighted by molar-refractivity contribution is 5.85. The molecule has 1 N–H and O–H groups in total. The van der Waals surface area contributed by atoms with Crippen LogP contribution in [0.5, 0.6) is 0 Å². The van der Waals surface area contributed by atoms with Crippen molar-refractivity contribution >= 4 is 24.8 Å². The maximum absolute atomic E-state index is 5.64. The van der Waals surface area contributed by atoms with Crippen LogP contribution in [0.4, 0.5) is 0 Å². The summed E-state index contributed by atoms with van der Waals surface area (Å²) in [6.45, 7) is 3.33. The van der Waals surface area contributed by atoms with Gasteiger partial charge in [-0.3, -0.25) is 0 Å². The highest BCUT2D eigenvalue weighted by atomic mass is 35.5. The molecule has 0 aliphatic carbocycles. The largest absolute Gasteiger partial charge is 0.376 e. The lowest BCUT2D eigenvalue weighted by atomic mass is 9.85. The number of nitrogens with zero attached hydrogens (tertiary/aromatic N) is 1. The van der Waals surface area contributed by atoms with Gasteiger partial charge in [0.1, 0.15) is 0 Å². The van der Waals surface area contributed by atoms with Gasteiger partial charge < -0.3 is 15.0 Å². The molecular formula is C11H24Cl2N2O. The van der Waals surface area contributed by atoms with E-state index in [9.17, 15) is 0 Å². The highest BCUT2D eigenvalue weighted by Crippen LogP contribution is 2.28. The lowest BCUT2D eigenvalue weighted by Gasteiger charge is -2.46. The Morgan fingerprint density at radius 2 is 2.00 bits per heavy atom. The molecule has 1 atom stereocenters. The number of halogens is 2. The molecule has 0 amide bonds. The van der Waals surface area contributed by atoms with Gasteiger partial charge in [-0.2, -0.15) is 0 Å². The SMILES string of the molecule is COC1(CC2CCCCN2C)CNC1.Cl.Cl. The monoisotopic (exact) mass is 270 g/mol. The molecule has 5 heteroatoms. The summed E-state index contributed by atoms with van der Waals surface area (Å²) < 4.78 is 5.64. The Kier molecular flexibility index (Phi) is 7.22. The van der Waals surface area contributed by atoms with Gasteiger partial charge >= 0.3 is 0 Å². The standard InChI is InChI=1S/C11H22N2O.2ClH/c1-13-6-4-3-5-10(13)7-11(14-2)8-12-9-11;;/h10,12H,3-9H2,1-2H3;2*1H. The molecule has 2 heterocycles. The normalized spacial score (nSPS) is 28.5. The van der Waals surface area contributed by atoms with Crippen molar-refractivity contribution < 1.29 is 4.74 Å². The zero-order valence-corrected chi connectivity index (χ0v) is 11.8. The Morgan fingerprint density at radius 3 is 2.44 bits per heavy atom. The average molecular weight is 271 g/mol. The molecule has 2 aliphatic heterocycles. The van der Waals surface area contributed by atoms with Crippen LogP contribution in [-0.4, -0.2) is 50.3 Å². The summed E-state index contributed by atoms with van der Waals surface area (Å²) in [5, 5.41) is 3.31. The van der Waals surface area contributed by atoms with Crippen molar-refractivity contribution in [3.8, 4) is 0 Å². The fourth-order valence-electron chi connectivity index (χ4n) is 2.61. The Hall–Kier alpha value is 0.460. The van der Waals surface area contributed by atoms with Crippen molar-refractivity contribution in [3.63, 3.8) is 0 Å². The number of likely N-dealkylation sites (tertiary alicyclic amines) is 1. The summed E-state index contributed by atoms with van der Waals surface area (Å²) in [5.41, 5.74) is 0.149. The summed E-state index contributed by atoms with van der Waals surface area (Å²) >= 11 is 0. The van der Waals surface area contributed by atoms with Gasteiger partial charge in [0.05, 0.1) is 5.60 Å². The van der Waals surface area contributed by atoms with Gasteiger partial charge in [0, 0.05) is 26.2 Å². The number of rotatable bonds is 3. The van der Waals surface area contributed by atoms with E-state index < -0.39 is 0 Å². The molecule has 1 unspecified atom stereocenters. The number of nitrogens with one attached hydrogen (secondary N) is 1. The van der Waals surface area contributed by atoms with E-state index in [-0.39, 0.29) is 30.4 Å². The van der Waals surface area contributed by atoms with Crippen molar-refractivity contribution in [3.05, 3.63) is 0 Å². The molecule has 3 nitrogen and oxygen atoms in total. The molecule has 0 radical (unpaired) electrons. The van der Waals surface area contributed by atoms with Gasteiger partial charge in [-0.1, -0.05) is 6.42 Å². The third-order valence-electron chi connectivity index (χ3n) is 3.86. The van der Waals surface area contributed by atoms with Crippen LogP contribution in [0.1, 0.15) is 25.7 Å². The minimum atomic E-state index is 0. The summed E-state index contributed by atoms with van der Waals surface area (Å²) in [7, 11) is 4.10. The molecule has 98 valence electrons. The van der Waals surface area contributed by atoms with Crippen LogP contribution in [-0.2, 0) is 4.74 Å². The van der Waals surface area contributed by atoms with Crippen molar-refractivity contribution in [1.82, 2.24) is 10.2 Å². The minimum Gasteiger partial charge on any atom is -0.376 e. The van der Waals surface area contributed by atoms with E-state index in [2.05, 4.69) is 17.3 Å². The highest BCUT2D eigenvalue weighted by Gasteiger charge is 2.40. The van der Waals surface area contributed by atoms with Gasteiger partial charge in [-0.05, 0) is 32.9 Å². The number of hydrogen-bond acceptors (Lipinski definition) is 3. The maximum atomic E-state index is 5.64. The molecule has 0 bridgehead atoms. The van der Waals surface area contributed by atoms with Crippen LogP contribution in [0.25, 0.3) is 0 Å². The second kappa shape index (κ2) is 7.02. The molecule has 2 fully saturated rings. The van der Waals surface area contributed by atoms with E-state index in [0.717, 1.165) is 19.1 Å². The molecule has 2 saturated heterocycles. The molecule has 0 spiro atoms. The number of piperidine rings is 1. The van der Waals surface area contributed by atoms with Gasteiger partial charge in [0.15, 0.2) is 0 Å². The fourth-order valence-corrected chi connectivity index (χ4v) is 2.61. The molecule has 0 saturated carbocycles. The van der Waals surface area contributed by atoms with Gasteiger partial charge in [-0.15, -0.1) is 24.8 Å². The molecule has 16 heavy (non-hydrogen) atoms. The molecule has 2 aliphatic rings. The summed E-state index contributed by atoms with van der Waals surface area (Å²) in [6, 6.07) is 0.741. The van der Waals surface area contributed by atoms with Crippen molar-refractivity contribution in [1.29, 1.82) is 0 Å². The van der Waals surface area contributed by atoms with Crippen LogP contribution in [0, 0.1) is 0 Å². The zero-order valence-electron chi connectivity index (χ0n) is 10.2. The molecule has 2 rings (SSSR count). The van der Waals surface area contributed by atoms with E-state index in [4.69, 9.17) is 4.74 Å². The summed E-state index contributed by atoms with van der Waals surface area (Å²) in [4.78, 5) is 2.50. The smallest absolute Gasteiger partial charge is 0.0940 e. The van der Waals surface area contributed by atoms with Gasteiger partial charge in [-0.25, -0.2) is 0 Å². The van der Waals surface area contributed by atoms with Crippen LogP contribution < -0.4 is 5.32 Å². The van der Waals surface area contributed by atoms with E-state index in [1.807, 2.05) is 7.11 Å². The first-order chi connectivity index (χ1) is 6.76. The lowest BCUT2D eigenvalue weighted by molar-refractivity contribution is -0.0748. The molecular weight excluding hydrogens is 247 g/mol. The molecule has 0 aromatic rings. The van der Waals surface area contributed by atoms with Crippen LogP contribution >= 0.6 is 24.8 Å². The first-order valence-corrected chi connectivity index (χ1v) is 5.72. The maximum Gasteiger partial charge on any atom is 0.0940 e. The van der Waals surface area contributed by atoms with Crippen LogP contribution in [0.3, 0.4) is 0 Å². The number of methoxy groups -OCH3 is 1. The summed E-state index contributed by atoms with van der Waals surface area (Å²) in [5.74, 6) is 0. The first-order valence-electron chi connectivity index (χ1n) is 5.72. The third kappa shape index (κ3) is 3.47. The van der Waals surface area contributed by atoms with Gasteiger partial charge in [0.2, 0.25) is 0 Å². The molecule has 0 aromatic heterocycles. The van der Waals surface area contributed by atoms with E-state index in [0.29, 0.717) is 0 Å². The molecule has 0 aromatic carbocycles. The number of ether oxygens (including phenoxy) is 1. The third-order valence-corrected chi connectivity index (χ3v) is 3.86. The predicted octanol–water partition coefficient (Wildman–Crippen LogP) is 1.69. The van der Waals surface area contributed by atoms with Crippen molar-refractivity contribution in [2.45, 2.75) is 37.3 Å². The topological polar surface area (TPSA) is 24.5 Å². The Labute approximate surface area is 111 Å². The van der Waals surface area contributed by atoms with Crippen LogP contribution in [0.15, 0.2) is 0 Å². The van der Waals surface area contributed by atoms with E-state index >= 15 is 0 Å².